The van der Waals surface area contributed by atoms with Crippen LogP contribution in [0.4, 0.5) is 17.3 Å². The lowest BCUT2D eigenvalue weighted by atomic mass is 10.1. The molecule has 0 aliphatic heterocycles. The number of aromatic nitrogens is 2. The molecule has 1 heterocycles. The molecule has 0 saturated carbocycles. The maximum atomic E-state index is 6.14. The highest BCUT2D eigenvalue weighted by Gasteiger charge is 2.11. The van der Waals surface area contributed by atoms with E-state index in [1.807, 2.05) is 7.05 Å². The van der Waals surface area contributed by atoms with Crippen molar-refractivity contribution in [2.24, 2.45) is 5.92 Å². The molecular weight excluding hydrogens is 238 g/mol. The van der Waals surface area contributed by atoms with Crippen LogP contribution in [0.3, 0.4) is 0 Å². The summed E-state index contributed by atoms with van der Waals surface area (Å²) in [6.07, 6.45) is 4.97. The number of nitrogens with two attached hydrogens (primary N) is 1. The average Bonchev–Trinajstić information content (AvgIpc) is 2.37. The Kier molecular flexibility index (Phi) is 6.39. The van der Waals surface area contributed by atoms with Gasteiger partial charge in [-0.3, -0.25) is 0 Å². The second-order valence-corrected chi connectivity index (χ2v) is 5.34. The van der Waals surface area contributed by atoms with E-state index in [4.69, 9.17) is 5.73 Å². The van der Waals surface area contributed by atoms with Crippen molar-refractivity contribution < 1.29 is 0 Å². The van der Waals surface area contributed by atoms with Gasteiger partial charge in [0.25, 0.3) is 0 Å². The highest BCUT2D eigenvalue weighted by Crippen LogP contribution is 2.25. The van der Waals surface area contributed by atoms with Crippen molar-refractivity contribution in [1.82, 2.24) is 9.97 Å². The van der Waals surface area contributed by atoms with Crippen LogP contribution in [-0.4, -0.2) is 30.1 Å². The van der Waals surface area contributed by atoms with E-state index in [9.17, 15) is 0 Å². The molecule has 1 rings (SSSR count). The molecule has 5 nitrogen and oxygen atoms in total. The van der Waals surface area contributed by atoms with Crippen LogP contribution in [-0.2, 0) is 0 Å². The van der Waals surface area contributed by atoms with Crippen molar-refractivity contribution in [2.75, 3.05) is 36.1 Å². The topological polar surface area (TPSA) is 67.1 Å². The van der Waals surface area contributed by atoms with Crippen LogP contribution in [0.25, 0.3) is 0 Å². The lowest BCUT2D eigenvalue weighted by molar-refractivity contribution is 0.606. The number of nitrogen functional groups attached to an aromatic ring is 1. The Morgan fingerprint density at radius 2 is 2.11 bits per heavy atom. The zero-order valence-electron chi connectivity index (χ0n) is 12.6. The van der Waals surface area contributed by atoms with Crippen LogP contribution in [0.5, 0.6) is 0 Å². The molecule has 0 aromatic carbocycles. The average molecular weight is 265 g/mol. The number of unbranched alkanes of at least 4 members (excludes halogenated alkanes) is 1. The molecule has 5 heteroatoms. The minimum atomic E-state index is 0.643. The molecule has 0 aliphatic carbocycles. The largest absolute Gasteiger partial charge is 0.393 e. The van der Waals surface area contributed by atoms with Crippen molar-refractivity contribution in [1.29, 1.82) is 0 Å². The minimum Gasteiger partial charge on any atom is -0.393 e. The van der Waals surface area contributed by atoms with Gasteiger partial charge in [-0.15, -0.1) is 0 Å². The van der Waals surface area contributed by atoms with Crippen molar-refractivity contribution in [3.05, 3.63) is 6.33 Å². The second-order valence-electron chi connectivity index (χ2n) is 5.34. The molecule has 108 valence electrons. The first-order valence-corrected chi connectivity index (χ1v) is 7.11. The Labute approximate surface area is 116 Å². The van der Waals surface area contributed by atoms with Crippen molar-refractivity contribution in [3.8, 4) is 0 Å². The second kappa shape index (κ2) is 7.81. The molecule has 0 fully saturated rings. The van der Waals surface area contributed by atoms with E-state index in [1.165, 1.54) is 0 Å². The summed E-state index contributed by atoms with van der Waals surface area (Å²) < 4.78 is 0. The van der Waals surface area contributed by atoms with E-state index >= 15 is 0 Å². The van der Waals surface area contributed by atoms with Crippen molar-refractivity contribution in [3.63, 3.8) is 0 Å². The molecule has 0 radical (unpaired) electrons. The van der Waals surface area contributed by atoms with E-state index in [1.54, 1.807) is 6.33 Å². The van der Waals surface area contributed by atoms with Crippen LogP contribution in [0.15, 0.2) is 6.33 Å². The fourth-order valence-electron chi connectivity index (χ4n) is 1.81. The zero-order chi connectivity index (χ0) is 14.3. The summed E-state index contributed by atoms with van der Waals surface area (Å²) in [5, 5.41) is 3.29. The zero-order valence-corrected chi connectivity index (χ0v) is 12.6. The Morgan fingerprint density at radius 1 is 1.37 bits per heavy atom. The number of hydrogen-bond acceptors (Lipinski definition) is 5. The number of rotatable bonds is 8. The first-order valence-electron chi connectivity index (χ1n) is 7.11. The third-order valence-corrected chi connectivity index (χ3v) is 3.09. The van der Waals surface area contributed by atoms with E-state index in [0.717, 1.165) is 44.0 Å². The van der Waals surface area contributed by atoms with E-state index in [2.05, 4.69) is 41.0 Å². The molecular formula is C14H27N5. The van der Waals surface area contributed by atoms with Crippen LogP contribution in [0, 0.1) is 5.92 Å². The fourth-order valence-corrected chi connectivity index (χ4v) is 1.81. The molecule has 0 unspecified atom stereocenters. The quantitative estimate of drug-likeness (QED) is 0.756. The normalized spacial score (nSPS) is 10.8. The molecule has 1 aromatic heterocycles. The molecule has 0 bridgehead atoms. The summed E-state index contributed by atoms with van der Waals surface area (Å²) in [4.78, 5) is 10.6. The number of nitrogens with one attached hydrogen (secondary N) is 1. The predicted molar refractivity (Wildman–Crippen MR) is 82.6 cm³/mol. The first kappa shape index (κ1) is 15.5. The minimum absolute atomic E-state index is 0.643. The van der Waals surface area contributed by atoms with Gasteiger partial charge in [-0.05, 0) is 18.8 Å². The van der Waals surface area contributed by atoms with Crippen LogP contribution < -0.4 is 16.0 Å². The lowest BCUT2D eigenvalue weighted by Gasteiger charge is -2.20. The summed E-state index contributed by atoms with van der Waals surface area (Å²) in [7, 11) is 2.02. The fraction of sp³-hybridized carbons (Fsp3) is 0.714. The maximum Gasteiger partial charge on any atom is 0.157 e. The van der Waals surface area contributed by atoms with Gasteiger partial charge in [-0.25, -0.2) is 9.97 Å². The number of anilines is 3. The Bertz CT molecular complexity index is 378. The van der Waals surface area contributed by atoms with Gasteiger partial charge in [0, 0.05) is 20.1 Å². The van der Waals surface area contributed by atoms with Gasteiger partial charge in [-0.2, -0.15) is 0 Å². The molecule has 0 atom stereocenters. The highest BCUT2D eigenvalue weighted by molar-refractivity contribution is 5.74. The third kappa shape index (κ3) is 4.93. The smallest absolute Gasteiger partial charge is 0.157 e. The number of nitrogens with zero attached hydrogens (tertiary/aromatic N) is 3. The standard InChI is InChI=1S/C14H27N5/c1-5-6-9-19(4)14-12(15)13(17-10-18-14)16-8-7-11(2)3/h10-11H,5-9,15H2,1-4H3,(H,16,17,18). The predicted octanol–water partition coefficient (Wildman–Crippen LogP) is 2.75. The van der Waals surface area contributed by atoms with Crippen LogP contribution in [0.2, 0.25) is 0 Å². The van der Waals surface area contributed by atoms with E-state index in [0.29, 0.717) is 11.6 Å². The van der Waals surface area contributed by atoms with Gasteiger partial charge in [0.05, 0.1) is 0 Å². The van der Waals surface area contributed by atoms with Crippen LogP contribution in [0.1, 0.15) is 40.0 Å². The first-order chi connectivity index (χ1) is 9.06. The summed E-state index contributed by atoms with van der Waals surface area (Å²) in [6.45, 7) is 8.43. The van der Waals surface area contributed by atoms with Gasteiger partial charge in [-0.1, -0.05) is 27.2 Å². The van der Waals surface area contributed by atoms with Crippen LogP contribution >= 0.6 is 0 Å². The SMILES string of the molecule is CCCCN(C)c1ncnc(NCCC(C)C)c1N. The van der Waals surface area contributed by atoms with Gasteiger partial charge >= 0.3 is 0 Å². The maximum absolute atomic E-state index is 6.14. The molecule has 1 aromatic rings. The monoisotopic (exact) mass is 265 g/mol. The summed E-state index contributed by atoms with van der Waals surface area (Å²) in [6, 6.07) is 0. The summed E-state index contributed by atoms with van der Waals surface area (Å²) >= 11 is 0. The lowest BCUT2D eigenvalue weighted by Crippen LogP contribution is -2.22. The Hall–Kier alpha value is -1.52. The Balaban J connectivity index is 2.68. The Morgan fingerprint density at radius 3 is 2.74 bits per heavy atom. The van der Waals surface area contributed by atoms with Gasteiger partial charge in [0.2, 0.25) is 0 Å². The molecule has 0 aliphatic rings. The van der Waals surface area contributed by atoms with Gasteiger partial charge in [0.15, 0.2) is 11.6 Å². The molecule has 19 heavy (non-hydrogen) atoms. The molecule has 0 saturated heterocycles. The van der Waals surface area contributed by atoms with Crippen molar-refractivity contribution >= 4 is 17.3 Å². The summed E-state index contributed by atoms with van der Waals surface area (Å²) in [5.41, 5.74) is 6.79. The number of hydrogen-bond donors (Lipinski definition) is 2. The highest BCUT2D eigenvalue weighted by atomic mass is 15.2. The summed E-state index contributed by atoms with van der Waals surface area (Å²) in [5.74, 6) is 2.23. The molecule has 0 spiro atoms. The van der Waals surface area contributed by atoms with E-state index in [-0.39, 0.29) is 0 Å². The van der Waals surface area contributed by atoms with Gasteiger partial charge in [0.1, 0.15) is 12.0 Å². The van der Waals surface area contributed by atoms with Gasteiger partial charge < -0.3 is 16.0 Å². The molecule has 3 N–H and O–H groups in total. The molecule has 0 amide bonds. The van der Waals surface area contributed by atoms with E-state index < -0.39 is 0 Å². The third-order valence-electron chi connectivity index (χ3n) is 3.09. The van der Waals surface area contributed by atoms with Crippen molar-refractivity contribution in [2.45, 2.75) is 40.0 Å².